The molecular formula is C20H23ClN2O4. The number of rotatable bonds is 9. The number of aryl methyl sites for hydroxylation is 1. The molecule has 0 aliphatic heterocycles. The first-order valence-electron chi connectivity index (χ1n) is 8.71. The second-order valence-electron chi connectivity index (χ2n) is 5.93. The number of nitrogens with zero attached hydrogens (tertiary/aromatic N) is 2. The van der Waals surface area contributed by atoms with E-state index in [1.807, 2.05) is 13.0 Å². The maximum atomic E-state index is 12.7. The van der Waals surface area contributed by atoms with Crippen molar-refractivity contribution in [2.45, 2.75) is 26.8 Å². The van der Waals surface area contributed by atoms with E-state index in [9.17, 15) is 9.59 Å². The van der Waals surface area contributed by atoms with Crippen molar-refractivity contribution in [1.82, 2.24) is 9.88 Å². The van der Waals surface area contributed by atoms with Crippen LogP contribution in [0.2, 0.25) is 5.02 Å². The monoisotopic (exact) mass is 390 g/mol. The van der Waals surface area contributed by atoms with Crippen molar-refractivity contribution in [1.29, 1.82) is 0 Å². The van der Waals surface area contributed by atoms with Crippen LogP contribution in [0.25, 0.3) is 0 Å². The van der Waals surface area contributed by atoms with Crippen LogP contribution in [0.4, 0.5) is 0 Å². The summed E-state index contributed by atoms with van der Waals surface area (Å²) in [5.74, 6) is 0.0351. The first-order chi connectivity index (χ1) is 13.0. The minimum atomic E-state index is -0.337. The average molecular weight is 391 g/mol. The number of pyridine rings is 1. The number of hydrogen-bond donors (Lipinski definition) is 0. The zero-order valence-corrected chi connectivity index (χ0v) is 16.2. The van der Waals surface area contributed by atoms with Gasteiger partial charge in [-0.05, 0) is 49.2 Å². The van der Waals surface area contributed by atoms with E-state index in [-0.39, 0.29) is 31.4 Å². The molecule has 2 aromatic rings. The molecule has 1 aromatic heterocycles. The maximum absolute atomic E-state index is 12.7. The minimum absolute atomic E-state index is 0.125. The molecule has 0 unspecified atom stereocenters. The molecule has 27 heavy (non-hydrogen) atoms. The van der Waals surface area contributed by atoms with Gasteiger partial charge in [-0.15, -0.1) is 0 Å². The third-order valence-electron chi connectivity index (χ3n) is 3.83. The number of carbonyl (C=O) groups is 2. The SMILES string of the molecule is CCOC(=O)CCN(Cc1cccnc1)C(=O)COc1ccc(Cl)cc1C. The lowest BCUT2D eigenvalue weighted by Gasteiger charge is -2.22. The average Bonchev–Trinajstić information content (AvgIpc) is 2.65. The standard InChI is InChI=1S/C20H23ClN2O4/c1-3-26-20(25)8-10-23(13-16-5-4-9-22-12-16)19(24)14-27-18-7-6-17(21)11-15(18)2/h4-7,9,11-12H,3,8,10,13-14H2,1-2H3. The highest BCUT2D eigenvalue weighted by atomic mass is 35.5. The molecule has 0 saturated carbocycles. The Labute approximate surface area is 164 Å². The fourth-order valence-corrected chi connectivity index (χ4v) is 2.70. The van der Waals surface area contributed by atoms with Gasteiger partial charge in [-0.2, -0.15) is 0 Å². The van der Waals surface area contributed by atoms with Crippen molar-refractivity contribution < 1.29 is 19.1 Å². The quantitative estimate of drug-likeness (QED) is 0.614. The lowest BCUT2D eigenvalue weighted by atomic mass is 10.2. The molecule has 0 atom stereocenters. The van der Waals surface area contributed by atoms with Crippen LogP contribution in [0.15, 0.2) is 42.7 Å². The number of aromatic nitrogens is 1. The predicted molar refractivity (Wildman–Crippen MR) is 103 cm³/mol. The van der Waals surface area contributed by atoms with Gasteiger partial charge in [-0.3, -0.25) is 14.6 Å². The normalized spacial score (nSPS) is 10.3. The van der Waals surface area contributed by atoms with Crippen molar-refractivity contribution in [2.24, 2.45) is 0 Å². The molecule has 0 fully saturated rings. The molecule has 0 bridgehead atoms. The van der Waals surface area contributed by atoms with Gasteiger partial charge in [-0.1, -0.05) is 17.7 Å². The topological polar surface area (TPSA) is 68.7 Å². The maximum Gasteiger partial charge on any atom is 0.307 e. The zero-order chi connectivity index (χ0) is 19.6. The molecule has 0 spiro atoms. The van der Waals surface area contributed by atoms with Crippen molar-refractivity contribution >= 4 is 23.5 Å². The number of halogens is 1. The Kier molecular flexibility index (Phi) is 8.07. The van der Waals surface area contributed by atoms with Crippen LogP contribution < -0.4 is 4.74 Å². The van der Waals surface area contributed by atoms with E-state index in [0.717, 1.165) is 11.1 Å². The van der Waals surface area contributed by atoms with Crippen molar-refractivity contribution in [2.75, 3.05) is 19.8 Å². The molecule has 0 aliphatic carbocycles. The number of carbonyl (C=O) groups excluding carboxylic acids is 2. The summed E-state index contributed by atoms with van der Waals surface area (Å²) in [4.78, 5) is 30.0. The van der Waals surface area contributed by atoms with E-state index in [1.165, 1.54) is 0 Å². The van der Waals surface area contributed by atoms with Crippen molar-refractivity contribution in [3.8, 4) is 5.75 Å². The molecule has 6 nitrogen and oxygen atoms in total. The number of benzene rings is 1. The Morgan fingerprint density at radius 1 is 1.26 bits per heavy atom. The molecule has 1 amide bonds. The lowest BCUT2D eigenvalue weighted by Crippen LogP contribution is -2.36. The Balaban J connectivity index is 2.01. The van der Waals surface area contributed by atoms with Gasteiger partial charge in [0.15, 0.2) is 6.61 Å². The van der Waals surface area contributed by atoms with Crippen molar-refractivity contribution in [3.05, 3.63) is 58.9 Å². The Morgan fingerprint density at radius 3 is 2.74 bits per heavy atom. The van der Waals surface area contributed by atoms with Crippen LogP contribution >= 0.6 is 11.6 Å². The predicted octanol–water partition coefficient (Wildman–Crippen LogP) is 3.40. The summed E-state index contributed by atoms with van der Waals surface area (Å²) < 4.78 is 10.6. The highest BCUT2D eigenvalue weighted by molar-refractivity contribution is 6.30. The zero-order valence-electron chi connectivity index (χ0n) is 15.5. The Hall–Kier alpha value is -2.60. The van der Waals surface area contributed by atoms with E-state index < -0.39 is 0 Å². The Morgan fingerprint density at radius 2 is 2.07 bits per heavy atom. The van der Waals surface area contributed by atoms with Crippen molar-refractivity contribution in [3.63, 3.8) is 0 Å². The molecule has 0 saturated heterocycles. The second kappa shape index (κ2) is 10.5. The number of hydrogen-bond acceptors (Lipinski definition) is 5. The van der Waals surface area contributed by atoms with Crippen LogP contribution in [0, 0.1) is 6.92 Å². The van der Waals surface area contributed by atoms with Gasteiger partial charge >= 0.3 is 5.97 Å². The van der Waals surface area contributed by atoms with E-state index in [4.69, 9.17) is 21.1 Å². The molecule has 2 rings (SSSR count). The fraction of sp³-hybridized carbons (Fsp3) is 0.350. The van der Waals surface area contributed by atoms with Gasteiger partial charge in [0, 0.05) is 30.5 Å². The van der Waals surface area contributed by atoms with Crippen LogP contribution in [0.3, 0.4) is 0 Å². The molecule has 144 valence electrons. The van der Waals surface area contributed by atoms with E-state index >= 15 is 0 Å². The third-order valence-corrected chi connectivity index (χ3v) is 4.06. The van der Waals surface area contributed by atoms with Gasteiger partial charge in [0.1, 0.15) is 5.75 Å². The van der Waals surface area contributed by atoms with E-state index in [2.05, 4.69) is 4.98 Å². The fourth-order valence-electron chi connectivity index (χ4n) is 2.47. The number of amides is 1. The van der Waals surface area contributed by atoms with E-state index in [0.29, 0.717) is 23.9 Å². The van der Waals surface area contributed by atoms with Crippen LogP contribution in [-0.2, 0) is 20.9 Å². The Bertz CT molecular complexity index is 768. The highest BCUT2D eigenvalue weighted by Gasteiger charge is 2.17. The summed E-state index contributed by atoms with van der Waals surface area (Å²) >= 11 is 5.94. The molecule has 0 radical (unpaired) electrons. The second-order valence-corrected chi connectivity index (χ2v) is 6.37. The smallest absolute Gasteiger partial charge is 0.307 e. The van der Waals surface area contributed by atoms with Gasteiger partial charge in [0.2, 0.25) is 0 Å². The molecule has 1 heterocycles. The largest absolute Gasteiger partial charge is 0.483 e. The summed E-state index contributed by atoms with van der Waals surface area (Å²) in [6.45, 7) is 4.38. The lowest BCUT2D eigenvalue weighted by molar-refractivity contribution is -0.144. The number of ether oxygens (including phenoxy) is 2. The molecule has 0 aliphatic rings. The van der Waals surface area contributed by atoms with Gasteiger partial charge in [-0.25, -0.2) is 0 Å². The van der Waals surface area contributed by atoms with Crippen LogP contribution in [0.1, 0.15) is 24.5 Å². The van der Waals surface area contributed by atoms with Gasteiger partial charge in [0.25, 0.3) is 5.91 Å². The molecule has 1 aromatic carbocycles. The van der Waals surface area contributed by atoms with Gasteiger partial charge in [0.05, 0.1) is 13.0 Å². The third kappa shape index (κ3) is 6.90. The van der Waals surface area contributed by atoms with Crippen LogP contribution in [-0.4, -0.2) is 41.5 Å². The molecule has 7 heteroatoms. The summed E-state index contributed by atoms with van der Waals surface area (Å²) in [5, 5.41) is 0.610. The summed E-state index contributed by atoms with van der Waals surface area (Å²) in [6.07, 6.45) is 3.48. The van der Waals surface area contributed by atoms with E-state index in [1.54, 1.807) is 48.5 Å². The van der Waals surface area contributed by atoms with Gasteiger partial charge < -0.3 is 14.4 Å². The molecular weight excluding hydrogens is 368 g/mol. The summed E-state index contributed by atoms with van der Waals surface area (Å²) in [5.41, 5.74) is 1.72. The summed E-state index contributed by atoms with van der Waals surface area (Å²) in [7, 11) is 0. The highest BCUT2D eigenvalue weighted by Crippen LogP contribution is 2.21. The first-order valence-corrected chi connectivity index (χ1v) is 9.08. The first kappa shape index (κ1) is 20.7. The van der Waals surface area contributed by atoms with Crippen LogP contribution in [0.5, 0.6) is 5.75 Å². The number of esters is 1. The summed E-state index contributed by atoms with van der Waals surface area (Å²) in [6, 6.07) is 8.89. The molecule has 0 N–H and O–H groups in total. The minimum Gasteiger partial charge on any atom is -0.483 e.